The second-order valence-corrected chi connectivity index (χ2v) is 3.17. The van der Waals surface area contributed by atoms with Gasteiger partial charge in [0.1, 0.15) is 11.9 Å². The Labute approximate surface area is 80.3 Å². The maximum atomic E-state index is 5.49. The lowest BCUT2D eigenvalue weighted by molar-refractivity contribution is 0.464. The molecule has 0 bridgehead atoms. The van der Waals surface area contributed by atoms with Crippen molar-refractivity contribution in [3.8, 4) is 11.6 Å². The van der Waals surface area contributed by atoms with Crippen molar-refractivity contribution in [1.82, 2.24) is 8.75 Å². The fraction of sp³-hybridized carbons (Fsp3) is 0.111. The molecule has 0 saturated carbocycles. The molecular weight excluding hydrogens is 184 g/mol. The third-order valence-electron chi connectivity index (χ3n) is 1.65. The average Bonchev–Trinajstić information content (AvgIpc) is 2.61. The monoisotopic (exact) mass is 192 g/mol. The minimum absolute atomic E-state index is 0.555. The van der Waals surface area contributed by atoms with Gasteiger partial charge in [0.25, 0.3) is 5.88 Å². The number of rotatable bonds is 2. The van der Waals surface area contributed by atoms with E-state index in [4.69, 9.17) is 4.74 Å². The molecule has 3 nitrogen and oxygen atoms in total. The summed E-state index contributed by atoms with van der Waals surface area (Å²) < 4.78 is 13.3. The van der Waals surface area contributed by atoms with Crippen molar-refractivity contribution in [2.45, 2.75) is 6.92 Å². The Morgan fingerprint density at radius 1 is 1.31 bits per heavy atom. The van der Waals surface area contributed by atoms with E-state index in [-0.39, 0.29) is 0 Å². The number of ether oxygens (including phenoxy) is 1. The molecule has 0 radical (unpaired) electrons. The summed E-state index contributed by atoms with van der Waals surface area (Å²) in [5.41, 5.74) is 1.09. The zero-order chi connectivity index (χ0) is 9.10. The Bertz CT molecular complexity index is 386. The van der Waals surface area contributed by atoms with Crippen LogP contribution in [-0.2, 0) is 0 Å². The third kappa shape index (κ3) is 1.84. The predicted octanol–water partition coefficient (Wildman–Crippen LogP) is 2.64. The first-order valence-electron chi connectivity index (χ1n) is 3.87. The predicted molar refractivity (Wildman–Crippen MR) is 51.2 cm³/mol. The Kier molecular flexibility index (Phi) is 2.23. The van der Waals surface area contributed by atoms with Crippen LogP contribution in [0.5, 0.6) is 11.6 Å². The molecule has 0 saturated heterocycles. The zero-order valence-corrected chi connectivity index (χ0v) is 7.91. The second kappa shape index (κ2) is 3.53. The molecule has 1 heterocycles. The molecule has 0 spiro atoms. The molecule has 0 aliphatic heterocycles. The van der Waals surface area contributed by atoms with E-state index in [1.54, 1.807) is 6.20 Å². The minimum Gasteiger partial charge on any atom is -0.437 e. The molecule has 1 aromatic heterocycles. The van der Waals surface area contributed by atoms with Crippen molar-refractivity contribution in [1.29, 1.82) is 0 Å². The topological polar surface area (TPSA) is 35.0 Å². The van der Waals surface area contributed by atoms with Crippen molar-refractivity contribution in [3.05, 3.63) is 36.0 Å². The summed E-state index contributed by atoms with van der Waals surface area (Å²) in [5.74, 6) is 1.38. The summed E-state index contributed by atoms with van der Waals surface area (Å²) in [6.07, 6.45) is 1.61. The third-order valence-corrected chi connectivity index (χ3v) is 2.11. The van der Waals surface area contributed by atoms with Gasteiger partial charge in [-0.3, -0.25) is 0 Å². The number of hydrogen-bond acceptors (Lipinski definition) is 4. The van der Waals surface area contributed by atoms with E-state index in [2.05, 4.69) is 8.75 Å². The highest BCUT2D eigenvalue weighted by molar-refractivity contribution is 6.99. The van der Waals surface area contributed by atoms with Crippen molar-refractivity contribution >= 4 is 11.7 Å². The van der Waals surface area contributed by atoms with Gasteiger partial charge in [0, 0.05) is 0 Å². The number of aryl methyl sites for hydroxylation is 1. The minimum atomic E-state index is 0.555. The van der Waals surface area contributed by atoms with E-state index in [9.17, 15) is 0 Å². The summed E-state index contributed by atoms with van der Waals surface area (Å²) in [6.45, 7) is 2.00. The fourth-order valence-corrected chi connectivity index (χ4v) is 1.33. The Hall–Kier alpha value is -1.42. The van der Waals surface area contributed by atoms with E-state index in [1.165, 1.54) is 0 Å². The molecule has 2 rings (SSSR count). The molecule has 1 aromatic carbocycles. The van der Waals surface area contributed by atoms with Crippen LogP contribution in [0.15, 0.2) is 30.5 Å². The number of aromatic nitrogens is 2. The first kappa shape index (κ1) is 8.19. The highest BCUT2D eigenvalue weighted by Crippen LogP contribution is 2.22. The van der Waals surface area contributed by atoms with E-state index in [0.717, 1.165) is 23.0 Å². The fourth-order valence-electron chi connectivity index (χ4n) is 0.985. The molecule has 4 heteroatoms. The summed E-state index contributed by atoms with van der Waals surface area (Å²) in [5, 5.41) is 0. The van der Waals surface area contributed by atoms with E-state index < -0.39 is 0 Å². The Balaban J connectivity index is 2.24. The van der Waals surface area contributed by atoms with Crippen LogP contribution in [0.1, 0.15) is 5.56 Å². The van der Waals surface area contributed by atoms with Gasteiger partial charge in [-0.2, -0.15) is 4.37 Å². The first-order chi connectivity index (χ1) is 6.36. The van der Waals surface area contributed by atoms with Gasteiger partial charge in [-0.1, -0.05) is 18.2 Å². The molecule has 0 aliphatic rings. The zero-order valence-electron chi connectivity index (χ0n) is 7.10. The molecule has 66 valence electrons. The Morgan fingerprint density at radius 3 is 2.85 bits per heavy atom. The molecule has 0 amide bonds. The summed E-state index contributed by atoms with van der Waals surface area (Å²) in [7, 11) is 0. The van der Waals surface area contributed by atoms with E-state index >= 15 is 0 Å². The highest BCUT2D eigenvalue weighted by atomic mass is 32.1. The number of para-hydroxylation sites is 1. The molecule has 13 heavy (non-hydrogen) atoms. The van der Waals surface area contributed by atoms with Crippen molar-refractivity contribution < 1.29 is 4.74 Å². The van der Waals surface area contributed by atoms with Crippen LogP contribution in [0.4, 0.5) is 0 Å². The van der Waals surface area contributed by atoms with Gasteiger partial charge in [0.15, 0.2) is 0 Å². The molecule has 0 aliphatic carbocycles. The SMILES string of the molecule is Cc1ccccc1Oc1cnsn1. The molecule has 0 atom stereocenters. The van der Waals surface area contributed by atoms with Gasteiger partial charge in [0.05, 0.1) is 11.7 Å². The lowest BCUT2D eigenvalue weighted by Gasteiger charge is -2.03. The number of nitrogens with zero attached hydrogens (tertiary/aromatic N) is 2. The standard InChI is InChI=1S/C9H8N2OS/c1-7-4-2-3-5-8(7)12-9-6-10-13-11-9/h2-6H,1H3. The van der Waals surface area contributed by atoms with Gasteiger partial charge in [-0.15, -0.1) is 4.37 Å². The molecule has 2 aromatic rings. The maximum absolute atomic E-state index is 5.49. The van der Waals surface area contributed by atoms with Gasteiger partial charge in [-0.25, -0.2) is 0 Å². The van der Waals surface area contributed by atoms with Crippen LogP contribution < -0.4 is 4.74 Å². The van der Waals surface area contributed by atoms with E-state index in [1.807, 2.05) is 31.2 Å². The van der Waals surface area contributed by atoms with Crippen LogP contribution in [0.2, 0.25) is 0 Å². The van der Waals surface area contributed by atoms with Crippen molar-refractivity contribution in [2.24, 2.45) is 0 Å². The van der Waals surface area contributed by atoms with Crippen LogP contribution in [0.3, 0.4) is 0 Å². The highest BCUT2D eigenvalue weighted by Gasteiger charge is 2.01. The summed E-state index contributed by atoms with van der Waals surface area (Å²) in [6, 6.07) is 7.81. The lowest BCUT2D eigenvalue weighted by atomic mass is 10.2. The maximum Gasteiger partial charge on any atom is 0.251 e. The number of benzene rings is 1. The quantitative estimate of drug-likeness (QED) is 0.733. The van der Waals surface area contributed by atoms with Gasteiger partial charge in [0.2, 0.25) is 0 Å². The van der Waals surface area contributed by atoms with Gasteiger partial charge in [-0.05, 0) is 18.6 Å². The summed E-state index contributed by atoms with van der Waals surface area (Å²) >= 11 is 1.14. The smallest absolute Gasteiger partial charge is 0.251 e. The van der Waals surface area contributed by atoms with Gasteiger partial charge < -0.3 is 4.74 Å². The lowest BCUT2D eigenvalue weighted by Crippen LogP contribution is -1.85. The summed E-state index contributed by atoms with van der Waals surface area (Å²) in [4.78, 5) is 0. The molecule has 0 fully saturated rings. The van der Waals surface area contributed by atoms with Crippen molar-refractivity contribution in [2.75, 3.05) is 0 Å². The largest absolute Gasteiger partial charge is 0.437 e. The number of hydrogen-bond donors (Lipinski definition) is 0. The van der Waals surface area contributed by atoms with Crippen LogP contribution in [0, 0.1) is 6.92 Å². The second-order valence-electron chi connectivity index (χ2n) is 2.61. The average molecular weight is 192 g/mol. The van der Waals surface area contributed by atoms with Crippen molar-refractivity contribution in [3.63, 3.8) is 0 Å². The van der Waals surface area contributed by atoms with Crippen LogP contribution in [0.25, 0.3) is 0 Å². The molecule has 0 N–H and O–H groups in total. The van der Waals surface area contributed by atoms with Crippen LogP contribution >= 0.6 is 11.7 Å². The van der Waals surface area contributed by atoms with Crippen LogP contribution in [-0.4, -0.2) is 8.75 Å². The van der Waals surface area contributed by atoms with Gasteiger partial charge >= 0.3 is 0 Å². The molecular formula is C9H8N2OS. The Morgan fingerprint density at radius 2 is 2.15 bits per heavy atom. The first-order valence-corrected chi connectivity index (χ1v) is 4.60. The molecule has 0 unspecified atom stereocenters. The van der Waals surface area contributed by atoms with E-state index in [0.29, 0.717) is 5.88 Å². The normalized spacial score (nSPS) is 9.92.